The fourth-order valence-electron chi connectivity index (χ4n) is 2.25. The fourth-order valence-corrected chi connectivity index (χ4v) is 2.25. The van der Waals surface area contributed by atoms with Gasteiger partial charge in [-0.3, -0.25) is 4.84 Å². The highest BCUT2D eigenvalue weighted by Crippen LogP contribution is 2.25. The summed E-state index contributed by atoms with van der Waals surface area (Å²) in [6, 6.07) is 0.209. The molecular weight excluding hydrogens is 216 g/mol. The van der Waals surface area contributed by atoms with Crippen molar-refractivity contribution < 1.29 is 9.63 Å². The van der Waals surface area contributed by atoms with Crippen LogP contribution in [0, 0.1) is 0 Å². The van der Waals surface area contributed by atoms with Crippen molar-refractivity contribution in [1.82, 2.24) is 9.96 Å². The molecule has 0 saturated carbocycles. The van der Waals surface area contributed by atoms with Crippen LogP contribution in [0.2, 0.25) is 0 Å². The lowest BCUT2D eigenvalue weighted by Crippen LogP contribution is -2.33. The van der Waals surface area contributed by atoms with Gasteiger partial charge in [0.15, 0.2) is 0 Å². The number of nitrogens with zero attached hydrogens (tertiary/aromatic N) is 2. The average molecular weight is 234 g/mol. The van der Waals surface area contributed by atoms with Crippen molar-refractivity contribution in [2.45, 2.75) is 18.9 Å². The quantitative estimate of drug-likeness (QED) is 0.683. The summed E-state index contributed by atoms with van der Waals surface area (Å²) in [6.45, 7) is 9.35. The fraction of sp³-hybridized carbons (Fsp3) is 0.462. The third-order valence-electron chi connectivity index (χ3n) is 3.15. The van der Waals surface area contributed by atoms with E-state index in [1.807, 2.05) is 11.0 Å². The molecular formula is C13H18N2O2. The summed E-state index contributed by atoms with van der Waals surface area (Å²) in [4.78, 5) is 19.3. The van der Waals surface area contributed by atoms with E-state index in [-0.39, 0.29) is 12.1 Å². The van der Waals surface area contributed by atoms with E-state index in [9.17, 15) is 4.79 Å². The van der Waals surface area contributed by atoms with Crippen LogP contribution in [0.1, 0.15) is 12.8 Å². The third-order valence-corrected chi connectivity index (χ3v) is 3.15. The van der Waals surface area contributed by atoms with Crippen LogP contribution in [0.4, 0.5) is 4.79 Å². The van der Waals surface area contributed by atoms with Crippen molar-refractivity contribution >= 4 is 6.03 Å². The van der Waals surface area contributed by atoms with Gasteiger partial charge < -0.3 is 4.90 Å². The highest BCUT2D eigenvalue weighted by Gasteiger charge is 2.40. The smallest absolute Gasteiger partial charge is 0.321 e. The zero-order valence-corrected chi connectivity index (χ0v) is 9.97. The zero-order chi connectivity index (χ0) is 12.3. The molecule has 2 bridgehead atoms. The predicted molar refractivity (Wildman–Crippen MR) is 66.3 cm³/mol. The lowest BCUT2D eigenvalue weighted by atomic mass is 10.1. The van der Waals surface area contributed by atoms with E-state index in [4.69, 9.17) is 4.84 Å². The van der Waals surface area contributed by atoms with Gasteiger partial charge in [0.2, 0.25) is 0 Å². The maximum Gasteiger partial charge on any atom is 0.344 e. The average Bonchev–Trinajstić information content (AvgIpc) is 2.57. The second kappa shape index (κ2) is 5.19. The first-order chi connectivity index (χ1) is 8.26. The maximum atomic E-state index is 11.9. The first kappa shape index (κ1) is 11.9. The zero-order valence-electron chi connectivity index (χ0n) is 9.97. The minimum atomic E-state index is -0.00508. The Bertz CT molecular complexity index is 362. The van der Waals surface area contributed by atoms with Crippen LogP contribution < -0.4 is 0 Å². The van der Waals surface area contributed by atoms with E-state index in [2.05, 4.69) is 13.2 Å². The standard InChI is InChI=1S/C13H18N2O2/c1-3-6-11(4-2)10-17-15-12-7-5-8-14(9-12)13(15)16/h3-4,6,12H,1-2,5,7-10H2/b11-6+/t12-/m1/s1. The Hall–Kier alpha value is -1.55. The summed E-state index contributed by atoms with van der Waals surface area (Å²) in [5.74, 6) is 0. The van der Waals surface area contributed by atoms with Gasteiger partial charge in [-0.2, -0.15) is 5.06 Å². The molecule has 0 N–H and O–H groups in total. The molecule has 2 rings (SSSR count). The van der Waals surface area contributed by atoms with Gasteiger partial charge in [-0.1, -0.05) is 31.4 Å². The number of hydrogen-bond acceptors (Lipinski definition) is 2. The molecule has 0 aromatic heterocycles. The van der Waals surface area contributed by atoms with E-state index >= 15 is 0 Å². The Balaban J connectivity index is 1.95. The Kier molecular flexibility index (Phi) is 3.64. The molecule has 2 saturated heterocycles. The summed E-state index contributed by atoms with van der Waals surface area (Å²) in [5.41, 5.74) is 0.921. The van der Waals surface area contributed by atoms with Crippen LogP contribution in [0.15, 0.2) is 37.0 Å². The number of hydrogen-bond donors (Lipinski definition) is 0. The lowest BCUT2D eigenvalue weighted by Gasteiger charge is -2.22. The van der Waals surface area contributed by atoms with Crippen molar-refractivity contribution in [3.05, 3.63) is 37.0 Å². The van der Waals surface area contributed by atoms with Gasteiger partial charge in [-0.25, -0.2) is 4.79 Å². The van der Waals surface area contributed by atoms with Crippen LogP contribution in [0.25, 0.3) is 0 Å². The van der Waals surface area contributed by atoms with Gasteiger partial charge in [-0.15, -0.1) is 0 Å². The summed E-state index contributed by atoms with van der Waals surface area (Å²) < 4.78 is 0. The van der Waals surface area contributed by atoms with Crippen LogP contribution in [0.3, 0.4) is 0 Å². The number of amides is 2. The number of urea groups is 1. The Morgan fingerprint density at radius 3 is 3.00 bits per heavy atom. The number of piperidine rings is 1. The SMILES string of the molecule is C=C/C=C(\C=C)CON1C(=O)N2CCC[C@@H]1C2. The molecule has 0 aromatic rings. The molecule has 2 aliphatic heterocycles. The third kappa shape index (κ3) is 2.42. The second-order valence-electron chi connectivity index (χ2n) is 4.31. The number of fused-ring (bicyclic) bond motifs is 2. The molecule has 2 heterocycles. The number of carbonyl (C=O) groups excluding carboxylic acids is 1. The Morgan fingerprint density at radius 2 is 2.35 bits per heavy atom. The van der Waals surface area contributed by atoms with Crippen molar-refractivity contribution in [2.24, 2.45) is 0 Å². The Morgan fingerprint density at radius 1 is 1.53 bits per heavy atom. The minimum Gasteiger partial charge on any atom is -0.321 e. The molecule has 4 nitrogen and oxygen atoms in total. The van der Waals surface area contributed by atoms with E-state index in [0.29, 0.717) is 6.61 Å². The van der Waals surface area contributed by atoms with Crippen LogP contribution >= 0.6 is 0 Å². The number of allylic oxidation sites excluding steroid dienone is 2. The van der Waals surface area contributed by atoms with Crippen molar-refractivity contribution in [3.8, 4) is 0 Å². The Labute approximate surface area is 102 Å². The molecule has 2 amide bonds. The van der Waals surface area contributed by atoms with E-state index in [1.54, 1.807) is 12.2 Å². The minimum absolute atomic E-state index is 0.00508. The van der Waals surface area contributed by atoms with Crippen LogP contribution in [-0.4, -0.2) is 41.7 Å². The molecule has 0 radical (unpaired) electrons. The highest BCUT2D eigenvalue weighted by molar-refractivity contribution is 5.76. The summed E-state index contributed by atoms with van der Waals surface area (Å²) in [6.07, 6.45) is 7.33. The largest absolute Gasteiger partial charge is 0.344 e. The van der Waals surface area contributed by atoms with Crippen molar-refractivity contribution in [3.63, 3.8) is 0 Å². The van der Waals surface area contributed by atoms with Gasteiger partial charge >= 0.3 is 6.03 Å². The number of rotatable bonds is 5. The van der Waals surface area contributed by atoms with Gasteiger partial charge in [0.25, 0.3) is 0 Å². The molecule has 17 heavy (non-hydrogen) atoms. The first-order valence-corrected chi connectivity index (χ1v) is 5.91. The number of carbonyl (C=O) groups is 1. The monoisotopic (exact) mass is 234 g/mol. The topological polar surface area (TPSA) is 32.8 Å². The first-order valence-electron chi connectivity index (χ1n) is 5.91. The maximum absolute atomic E-state index is 11.9. The summed E-state index contributed by atoms with van der Waals surface area (Å²) >= 11 is 0. The van der Waals surface area contributed by atoms with Crippen LogP contribution in [0.5, 0.6) is 0 Å². The molecule has 0 aromatic carbocycles. The molecule has 92 valence electrons. The van der Waals surface area contributed by atoms with Crippen molar-refractivity contribution in [2.75, 3.05) is 19.7 Å². The van der Waals surface area contributed by atoms with Crippen LogP contribution in [-0.2, 0) is 4.84 Å². The highest BCUT2D eigenvalue weighted by atomic mass is 16.7. The molecule has 2 aliphatic rings. The van der Waals surface area contributed by atoms with Gasteiger partial charge in [-0.05, 0) is 18.4 Å². The predicted octanol–water partition coefficient (Wildman–Crippen LogP) is 2.12. The van der Waals surface area contributed by atoms with Gasteiger partial charge in [0.05, 0.1) is 6.04 Å². The van der Waals surface area contributed by atoms with E-state index in [0.717, 1.165) is 31.5 Å². The van der Waals surface area contributed by atoms with Crippen molar-refractivity contribution in [1.29, 1.82) is 0 Å². The second-order valence-corrected chi connectivity index (χ2v) is 4.31. The lowest BCUT2D eigenvalue weighted by molar-refractivity contribution is -0.119. The van der Waals surface area contributed by atoms with Gasteiger partial charge in [0, 0.05) is 13.1 Å². The summed E-state index contributed by atoms with van der Waals surface area (Å²) in [5, 5.41) is 1.52. The molecule has 0 aliphatic carbocycles. The normalized spacial score (nSPS) is 24.1. The number of hydroxylamine groups is 2. The van der Waals surface area contributed by atoms with E-state index in [1.165, 1.54) is 5.06 Å². The van der Waals surface area contributed by atoms with Gasteiger partial charge in [0.1, 0.15) is 6.61 Å². The molecule has 0 spiro atoms. The summed E-state index contributed by atoms with van der Waals surface area (Å²) in [7, 11) is 0. The molecule has 1 atom stereocenters. The molecule has 4 heteroatoms. The van der Waals surface area contributed by atoms with E-state index < -0.39 is 0 Å². The molecule has 2 fully saturated rings. The molecule has 0 unspecified atom stereocenters.